The molecule has 3 nitrogen and oxygen atoms in total. The van der Waals surface area contributed by atoms with Gasteiger partial charge in [-0.25, -0.2) is 4.39 Å². The fraction of sp³-hybridized carbons (Fsp3) is 0.588. The van der Waals surface area contributed by atoms with E-state index in [2.05, 4.69) is 6.92 Å². The molecular formula is C17H26FNO2. The molecule has 0 heterocycles. The van der Waals surface area contributed by atoms with Crippen molar-refractivity contribution >= 4 is 11.7 Å². The molecule has 0 amide bonds. The Morgan fingerprint density at radius 3 is 2.62 bits per heavy atom. The van der Waals surface area contributed by atoms with Crippen molar-refractivity contribution in [3.63, 3.8) is 0 Å². The third-order valence-corrected chi connectivity index (χ3v) is 3.62. The van der Waals surface area contributed by atoms with E-state index in [1.807, 2.05) is 11.0 Å². The van der Waals surface area contributed by atoms with E-state index in [1.165, 1.54) is 31.4 Å². The summed E-state index contributed by atoms with van der Waals surface area (Å²) in [6, 6.07) is 6.38. The van der Waals surface area contributed by atoms with Crippen LogP contribution in [0.3, 0.4) is 0 Å². The van der Waals surface area contributed by atoms with E-state index >= 15 is 0 Å². The number of nitrogens with zero attached hydrogens (tertiary/aromatic N) is 1. The Morgan fingerprint density at radius 1 is 1.29 bits per heavy atom. The predicted molar refractivity (Wildman–Crippen MR) is 84.2 cm³/mol. The lowest BCUT2D eigenvalue weighted by molar-refractivity contribution is -0.140. The van der Waals surface area contributed by atoms with Crippen LogP contribution in [0.1, 0.15) is 46.0 Å². The average molecular weight is 295 g/mol. The van der Waals surface area contributed by atoms with E-state index < -0.39 is 11.9 Å². The van der Waals surface area contributed by atoms with E-state index in [0.29, 0.717) is 6.54 Å². The molecule has 118 valence electrons. The highest BCUT2D eigenvalue weighted by Gasteiger charge is 2.16. The number of hydrogen-bond acceptors (Lipinski definition) is 2. The monoisotopic (exact) mass is 295 g/mol. The van der Waals surface area contributed by atoms with Gasteiger partial charge in [0.15, 0.2) is 0 Å². The predicted octanol–water partition coefficient (Wildman–Crippen LogP) is 4.32. The van der Waals surface area contributed by atoms with Crippen molar-refractivity contribution < 1.29 is 14.3 Å². The zero-order chi connectivity index (χ0) is 15.7. The van der Waals surface area contributed by atoms with Gasteiger partial charge in [0.25, 0.3) is 0 Å². The highest BCUT2D eigenvalue weighted by molar-refractivity contribution is 5.70. The molecule has 0 spiro atoms. The molecule has 1 N–H and O–H groups in total. The van der Waals surface area contributed by atoms with E-state index in [-0.39, 0.29) is 5.82 Å². The molecule has 1 atom stereocenters. The summed E-state index contributed by atoms with van der Waals surface area (Å²) >= 11 is 0. The van der Waals surface area contributed by atoms with Gasteiger partial charge in [-0.3, -0.25) is 4.79 Å². The molecule has 0 aliphatic heterocycles. The number of carboxylic acid groups (broad SMARTS) is 1. The zero-order valence-electron chi connectivity index (χ0n) is 13.0. The van der Waals surface area contributed by atoms with Gasteiger partial charge in [0.2, 0.25) is 0 Å². The molecular weight excluding hydrogens is 269 g/mol. The largest absolute Gasteiger partial charge is 0.481 e. The van der Waals surface area contributed by atoms with Crippen LogP contribution in [0, 0.1) is 11.7 Å². The molecule has 21 heavy (non-hydrogen) atoms. The summed E-state index contributed by atoms with van der Waals surface area (Å²) < 4.78 is 13.4. The lowest BCUT2D eigenvalue weighted by Gasteiger charge is -2.26. The summed E-state index contributed by atoms with van der Waals surface area (Å²) in [5.74, 6) is -1.57. The summed E-state index contributed by atoms with van der Waals surface area (Å²) in [6.07, 6.45) is 5.75. The number of hydrogen-bond donors (Lipinski definition) is 1. The normalized spacial score (nSPS) is 12.1. The van der Waals surface area contributed by atoms with Crippen molar-refractivity contribution in [1.29, 1.82) is 0 Å². The minimum atomic E-state index is -0.817. The molecule has 1 aromatic rings. The van der Waals surface area contributed by atoms with Gasteiger partial charge in [-0.2, -0.15) is 0 Å². The fourth-order valence-corrected chi connectivity index (χ4v) is 2.31. The second-order valence-electron chi connectivity index (χ2n) is 5.58. The molecule has 0 aliphatic carbocycles. The maximum atomic E-state index is 13.4. The minimum Gasteiger partial charge on any atom is -0.481 e. The molecule has 0 aliphatic rings. The Hall–Kier alpha value is -1.58. The summed E-state index contributed by atoms with van der Waals surface area (Å²) in [7, 11) is 0. The number of anilines is 1. The first kappa shape index (κ1) is 17.5. The van der Waals surface area contributed by atoms with E-state index in [4.69, 9.17) is 5.11 Å². The summed E-state index contributed by atoms with van der Waals surface area (Å²) in [5.41, 5.74) is 0.763. The van der Waals surface area contributed by atoms with E-state index in [9.17, 15) is 9.18 Å². The molecule has 0 aromatic heterocycles. The van der Waals surface area contributed by atoms with Gasteiger partial charge in [0.1, 0.15) is 5.82 Å². The van der Waals surface area contributed by atoms with Crippen LogP contribution in [-0.2, 0) is 4.79 Å². The molecule has 0 bridgehead atoms. The van der Waals surface area contributed by atoms with E-state index in [1.54, 1.807) is 13.0 Å². The van der Waals surface area contributed by atoms with Crippen LogP contribution in [0.15, 0.2) is 24.3 Å². The Morgan fingerprint density at radius 2 is 2.00 bits per heavy atom. The summed E-state index contributed by atoms with van der Waals surface area (Å²) in [4.78, 5) is 13.0. The molecule has 1 unspecified atom stereocenters. The molecule has 0 saturated heterocycles. The van der Waals surface area contributed by atoms with Crippen molar-refractivity contribution in [3.05, 3.63) is 30.1 Å². The zero-order valence-corrected chi connectivity index (χ0v) is 13.0. The molecule has 0 radical (unpaired) electrons. The van der Waals surface area contributed by atoms with Crippen LogP contribution in [0.25, 0.3) is 0 Å². The van der Waals surface area contributed by atoms with Crippen molar-refractivity contribution in [1.82, 2.24) is 0 Å². The van der Waals surface area contributed by atoms with Gasteiger partial charge >= 0.3 is 5.97 Å². The van der Waals surface area contributed by atoms with Crippen LogP contribution in [0.2, 0.25) is 0 Å². The van der Waals surface area contributed by atoms with Gasteiger partial charge in [-0.05, 0) is 24.6 Å². The van der Waals surface area contributed by atoms with Crippen LogP contribution < -0.4 is 4.90 Å². The smallest absolute Gasteiger partial charge is 0.308 e. The lowest BCUT2D eigenvalue weighted by Crippen LogP contribution is -2.32. The number of carbonyl (C=O) groups is 1. The molecule has 1 rings (SSSR count). The molecule has 0 saturated carbocycles. The fourth-order valence-electron chi connectivity index (χ4n) is 2.31. The standard InChI is InChI=1S/C17H26FNO2/c1-3-4-5-6-7-11-19(13-14(2)17(20)21)16-10-8-9-15(18)12-16/h8-10,12,14H,3-7,11,13H2,1-2H3,(H,20,21). The Kier molecular flexibility index (Phi) is 7.80. The van der Waals surface area contributed by atoms with Crippen molar-refractivity contribution in [2.24, 2.45) is 5.92 Å². The van der Waals surface area contributed by atoms with Crippen LogP contribution in [0.5, 0.6) is 0 Å². The second-order valence-corrected chi connectivity index (χ2v) is 5.58. The summed E-state index contributed by atoms with van der Waals surface area (Å²) in [5, 5.41) is 9.07. The van der Waals surface area contributed by atoms with Gasteiger partial charge in [0, 0.05) is 18.8 Å². The average Bonchev–Trinajstić information content (AvgIpc) is 2.45. The number of rotatable bonds is 10. The molecule has 1 aromatic carbocycles. The third-order valence-electron chi connectivity index (χ3n) is 3.62. The highest BCUT2D eigenvalue weighted by Crippen LogP contribution is 2.18. The first-order valence-electron chi connectivity index (χ1n) is 7.78. The number of unbranched alkanes of at least 4 members (excludes halogenated alkanes) is 4. The minimum absolute atomic E-state index is 0.286. The van der Waals surface area contributed by atoms with Crippen LogP contribution >= 0.6 is 0 Å². The van der Waals surface area contributed by atoms with Crippen LogP contribution in [0.4, 0.5) is 10.1 Å². The third kappa shape index (κ3) is 6.61. The Balaban J connectivity index is 2.63. The first-order chi connectivity index (χ1) is 10.0. The van der Waals surface area contributed by atoms with Gasteiger partial charge in [-0.1, -0.05) is 45.6 Å². The summed E-state index contributed by atoms with van der Waals surface area (Å²) in [6.45, 7) is 5.04. The molecule has 4 heteroatoms. The van der Waals surface area contributed by atoms with Gasteiger partial charge < -0.3 is 10.0 Å². The number of benzene rings is 1. The first-order valence-corrected chi connectivity index (χ1v) is 7.78. The highest BCUT2D eigenvalue weighted by atomic mass is 19.1. The van der Waals surface area contributed by atoms with Crippen LogP contribution in [-0.4, -0.2) is 24.2 Å². The van der Waals surface area contributed by atoms with Crippen molar-refractivity contribution in [2.75, 3.05) is 18.0 Å². The lowest BCUT2D eigenvalue weighted by atomic mass is 10.1. The number of halogens is 1. The Labute approximate surface area is 126 Å². The second kappa shape index (κ2) is 9.37. The SMILES string of the molecule is CCCCCCCN(CC(C)C(=O)O)c1cccc(F)c1. The number of carboxylic acids is 1. The topological polar surface area (TPSA) is 40.5 Å². The van der Waals surface area contributed by atoms with Crippen molar-refractivity contribution in [3.8, 4) is 0 Å². The Bertz CT molecular complexity index is 437. The number of aliphatic carboxylic acids is 1. The quantitative estimate of drug-likeness (QED) is 0.653. The van der Waals surface area contributed by atoms with E-state index in [0.717, 1.165) is 25.1 Å². The maximum absolute atomic E-state index is 13.4. The maximum Gasteiger partial charge on any atom is 0.308 e. The van der Waals surface area contributed by atoms with Crippen molar-refractivity contribution in [2.45, 2.75) is 46.0 Å². The van der Waals surface area contributed by atoms with Gasteiger partial charge in [0.05, 0.1) is 5.92 Å². The van der Waals surface area contributed by atoms with Gasteiger partial charge in [-0.15, -0.1) is 0 Å². The molecule has 0 fully saturated rings.